The number of rotatable bonds is 2. The van der Waals surface area contributed by atoms with E-state index in [9.17, 15) is 4.79 Å². The average Bonchev–Trinajstić information content (AvgIpc) is 3.25. The Morgan fingerprint density at radius 3 is 2.80 bits per heavy atom. The molecule has 4 rings (SSSR count). The number of hydrogen-bond donors (Lipinski definition) is 1. The lowest BCUT2D eigenvalue weighted by molar-refractivity contribution is 0.215. The number of benzene rings is 1. The number of nitrogens with zero attached hydrogens (tertiary/aromatic N) is 3. The van der Waals surface area contributed by atoms with Crippen LogP contribution in [-0.4, -0.2) is 34.2 Å². The maximum Gasteiger partial charge on any atom is 0.325 e. The number of anilines is 1. The number of aromatic nitrogens is 2. The molecule has 130 valence electrons. The van der Waals surface area contributed by atoms with Crippen LogP contribution >= 0.6 is 23.2 Å². The monoisotopic (exact) mass is 378 g/mol. The van der Waals surface area contributed by atoms with Crippen LogP contribution in [0.15, 0.2) is 32.7 Å². The summed E-state index contributed by atoms with van der Waals surface area (Å²) in [4.78, 5) is 13.8. The number of hydrogen-bond acceptors (Lipinski definition) is 4. The highest BCUT2D eigenvalue weighted by Crippen LogP contribution is 2.28. The summed E-state index contributed by atoms with van der Waals surface area (Å²) in [6.07, 6.45) is 3.92. The number of carbonyl (C=O) groups excluding carboxylic acids is 1. The van der Waals surface area contributed by atoms with Crippen LogP contribution in [0.3, 0.4) is 0 Å². The van der Waals surface area contributed by atoms with E-state index >= 15 is 0 Å². The Morgan fingerprint density at radius 2 is 1.96 bits per heavy atom. The first-order valence-electron chi connectivity index (χ1n) is 8.15. The van der Waals surface area contributed by atoms with E-state index in [1.54, 1.807) is 4.90 Å². The van der Waals surface area contributed by atoms with E-state index in [1.165, 1.54) is 17.5 Å². The van der Waals surface area contributed by atoms with Crippen molar-refractivity contribution in [2.75, 3.05) is 18.4 Å². The van der Waals surface area contributed by atoms with E-state index < -0.39 is 0 Å². The molecule has 2 heterocycles. The smallest absolute Gasteiger partial charge is 0.325 e. The molecule has 2 amide bonds. The minimum Gasteiger partial charge on any atom is -0.403 e. The Labute approximate surface area is 154 Å². The molecule has 0 saturated heterocycles. The molecule has 1 N–H and O–H groups in total. The Morgan fingerprint density at radius 1 is 1.12 bits per heavy atom. The van der Waals surface area contributed by atoms with Crippen molar-refractivity contribution in [3.05, 3.63) is 39.4 Å². The zero-order valence-electron chi connectivity index (χ0n) is 13.4. The standard InChI is InChI=1S/C17H16Cl2N4O2/c18-13-6-7-23(9-14(13)19)17(24)20-16-22-21-15(25-16)12-5-4-10-2-1-3-11(10)8-12/h4-5,8H,1-3,6-7,9H2,(H,20,22,24). The van der Waals surface area contributed by atoms with Crippen LogP contribution in [0.1, 0.15) is 24.0 Å². The zero-order chi connectivity index (χ0) is 17.4. The quantitative estimate of drug-likeness (QED) is 0.851. The van der Waals surface area contributed by atoms with E-state index in [0.717, 1.165) is 18.4 Å². The second kappa shape index (κ2) is 6.69. The molecule has 1 aromatic heterocycles. The molecule has 1 aliphatic carbocycles. The van der Waals surface area contributed by atoms with Crippen molar-refractivity contribution in [2.24, 2.45) is 0 Å². The number of nitrogens with one attached hydrogen (secondary N) is 1. The Hall–Kier alpha value is -2.05. The largest absolute Gasteiger partial charge is 0.403 e. The third kappa shape index (κ3) is 3.37. The summed E-state index contributed by atoms with van der Waals surface area (Å²) in [5.41, 5.74) is 3.57. The van der Waals surface area contributed by atoms with E-state index in [4.69, 9.17) is 27.6 Å². The van der Waals surface area contributed by atoms with Gasteiger partial charge in [-0.05, 0) is 42.5 Å². The van der Waals surface area contributed by atoms with E-state index in [1.807, 2.05) is 6.07 Å². The highest BCUT2D eigenvalue weighted by molar-refractivity contribution is 6.39. The molecular formula is C17H16Cl2N4O2. The predicted molar refractivity (Wildman–Crippen MR) is 95.7 cm³/mol. The summed E-state index contributed by atoms with van der Waals surface area (Å²) in [5, 5.41) is 11.6. The molecule has 0 radical (unpaired) electrons. The molecule has 0 atom stereocenters. The van der Waals surface area contributed by atoms with Gasteiger partial charge in [-0.2, -0.15) is 0 Å². The number of aryl methyl sites for hydroxylation is 2. The van der Waals surface area contributed by atoms with Crippen LogP contribution in [-0.2, 0) is 12.8 Å². The van der Waals surface area contributed by atoms with Crippen LogP contribution in [0.4, 0.5) is 10.8 Å². The fourth-order valence-electron chi connectivity index (χ4n) is 3.14. The van der Waals surface area contributed by atoms with E-state index in [2.05, 4.69) is 27.6 Å². The first kappa shape index (κ1) is 16.4. The van der Waals surface area contributed by atoms with Gasteiger partial charge in [-0.1, -0.05) is 34.4 Å². The van der Waals surface area contributed by atoms with Gasteiger partial charge in [0.25, 0.3) is 0 Å². The zero-order valence-corrected chi connectivity index (χ0v) is 14.9. The van der Waals surface area contributed by atoms with E-state index in [-0.39, 0.29) is 18.6 Å². The normalized spacial score (nSPS) is 17.0. The molecule has 2 aromatic rings. The Bertz CT molecular complexity index is 862. The molecule has 25 heavy (non-hydrogen) atoms. The number of halogens is 2. The minimum absolute atomic E-state index is 0.0669. The maximum absolute atomic E-state index is 12.3. The van der Waals surface area contributed by atoms with Crippen LogP contribution in [0.2, 0.25) is 0 Å². The molecule has 6 nitrogen and oxygen atoms in total. The lowest BCUT2D eigenvalue weighted by Gasteiger charge is -2.26. The topological polar surface area (TPSA) is 71.3 Å². The molecule has 1 aromatic carbocycles. The Kier molecular flexibility index (Phi) is 4.39. The average molecular weight is 379 g/mol. The molecule has 8 heteroatoms. The predicted octanol–water partition coefficient (Wildman–Crippen LogP) is 4.15. The first-order chi connectivity index (χ1) is 12.1. The van der Waals surface area contributed by atoms with Gasteiger partial charge in [-0.3, -0.25) is 5.32 Å². The summed E-state index contributed by atoms with van der Waals surface area (Å²) >= 11 is 12.0. The van der Waals surface area contributed by atoms with Crippen molar-refractivity contribution in [1.29, 1.82) is 0 Å². The van der Waals surface area contributed by atoms with Crippen LogP contribution in [0.25, 0.3) is 11.5 Å². The fraction of sp³-hybridized carbons (Fsp3) is 0.353. The van der Waals surface area contributed by atoms with Crippen LogP contribution < -0.4 is 5.32 Å². The molecule has 0 unspecified atom stereocenters. The maximum atomic E-state index is 12.3. The number of carbonyl (C=O) groups is 1. The third-order valence-electron chi connectivity index (χ3n) is 4.50. The van der Waals surface area contributed by atoms with Crippen LogP contribution in [0.5, 0.6) is 0 Å². The van der Waals surface area contributed by atoms with Crippen molar-refractivity contribution in [3.63, 3.8) is 0 Å². The van der Waals surface area contributed by atoms with Crippen LogP contribution in [0, 0.1) is 0 Å². The summed E-state index contributed by atoms with van der Waals surface area (Å²) in [7, 11) is 0. The van der Waals surface area contributed by atoms with Gasteiger partial charge >= 0.3 is 12.0 Å². The van der Waals surface area contributed by atoms with Gasteiger partial charge in [0.1, 0.15) is 0 Å². The molecule has 2 aliphatic rings. The van der Waals surface area contributed by atoms with Crippen molar-refractivity contribution in [3.8, 4) is 11.5 Å². The van der Waals surface area contributed by atoms with Gasteiger partial charge in [0, 0.05) is 23.6 Å². The van der Waals surface area contributed by atoms with Gasteiger partial charge < -0.3 is 9.32 Å². The summed E-state index contributed by atoms with van der Waals surface area (Å²) in [5.74, 6) is 0.393. The summed E-state index contributed by atoms with van der Waals surface area (Å²) in [6, 6.07) is 5.88. The highest BCUT2D eigenvalue weighted by Gasteiger charge is 2.23. The van der Waals surface area contributed by atoms with Crippen molar-refractivity contribution < 1.29 is 9.21 Å². The molecule has 0 fully saturated rings. The third-order valence-corrected chi connectivity index (χ3v) is 5.36. The second-order valence-electron chi connectivity index (χ2n) is 6.16. The summed E-state index contributed by atoms with van der Waals surface area (Å²) < 4.78 is 5.59. The van der Waals surface area contributed by atoms with Gasteiger partial charge in [0.2, 0.25) is 5.89 Å². The van der Waals surface area contributed by atoms with Gasteiger partial charge in [0.15, 0.2) is 0 Å². The minimum atomic E-state index is -0.341. The molecule has 0 spiro atoms. The lowest BCUT2D eigenvalue weighted by atomic mass is 10.1. The number of fused-ring (bicyclic) bond motifs is 1. The molecular weight excluding hydrogens is 363 g/mol. The molecule has 0 saturated carbocycles. The SMILES string of the molecule is O=C(Nc1nnc(-c2ccc3c(c2)CCC3)o1)N1CCC(Cl)=C(Cl)C1. The second-order valence-corrected chi connectivity index (χ2v) is 7.07. The fourth-order valence-corrected chi connectivity index (χ4v) is 3.52. The number of urea groups is 1. The van der Waals surface area contributed by atoms with Crippen molar-refractivity contribution in [2.45, 2.75) is 25.7 Å². The van der Waals surface area contributed by atoms with Gasteiger partial charge in [-0.15, -0.1) is 5.10 Å². The molecule has 1 aliphatic heterocycles. The Balaban J connectivity index is 1.46. The first-order valence-corrected chi connectivity index (χ1v) is 8.90. The highest BCUT2D eigenvalue weighted by atomic mass is 35.5. The van der Waals surface area contributed by atoms with Crippen molar-refractivity contribution >= 4 is 35.2 Å². The summed E-state index contributed by atoms with van der Waals surface area (Å²) in [6.45, 7) is 0.769. The number of amides is 2. The van der Waals surface area contributed by atoms with Gasteiger partial charge in [-0.25, -0.2) is 4.79 Å². The van der Waals surface area contributed by atoms with Gasteiger partial charge in [0.05, 0.1) is 11.6 Å². The lowest BCUT2D eigenvalue weighted by Crippen LogP contribution is -2.38. The van der Waals surface area contributed by atoms with Crippen molar-refractivity contribution in [1.82, 2.24) is 15.1 Å². The molecule has 0 bridgehead atoms. The van der Waals surface area contributed by atoms with E-state index in [0.29, 0.717) is 28.9 Å².